The molecule has 1 atom stereocenters. The molecule has 0 bridgehead atoms. The maximum atomic E-state index is 11.6. The van der Waals surface area contributed by atoms with Gasteiger partial charge in [-0.3, -0.25) is 0 Å². The van der Waals surface area contributed by atoms with E-state index in [1.807, 2.05) is 31.2 Å². The van der Waals surface area contributed by atoms with Crippen LogP contribution in [0.4, 0.5) is 16.3 Å². The van der Waals surface area contributed by atoms with E-state index in [0.717, 1.165) is 40.5 Å². The normalized spacial score (nSPS) is 20.9. The predicted octanol–water partition coefficient (Wildman–Crippen LogP) is 4.07. The van der Waals surface area contributed by atoms with Gasteiger partial charge in [0, 0.05) is 18.7 Å². The number of fused-ring (bicyclic) bond motifs is 1. The lowest BCUT2D eigenvalue weighted by Crippen LogP contribution is -2.33. The van der Waals surface area contributed by atoms with Crippen molar-refractivity contribution >= 4 is 23.2 Å². The van der Waals surface area contributed by atoms with Gasteiger partial charge in [-0.15, -0.1) is 0 Å². The lowest BCUT2D eigenvalue weighted by Gasteiger charge is -2.27. The minimum Gasteiger partial charge on any atom is -0.334 e. The molecule has 2 aliphatic heterocycles. The maximum absolute atomic E-state index is 11.6. The molecule has 3 heterocycles. The highest BCUT2D eigenvalue weighted by atomic mass is 16.2. The smallest absolute Gasteiger partial charge is 0.319 e. The molecule has 2 amide bonds. The Bertz CT molecular complexity index is 1080. The van der Waals surface area contributed by atoms with Crippen molar-refractivity contribution in [2.45, 2.75) is 51.6 Å². The van der Waals surface area contributed by atoms with Crippen molar-refractivity contribution in [3.63, 3.8) is 0 Å². The highest BCUT2D eigenvalue weighted by molar-refractivity contribution is 6.04. The molecule has 3 aliphatic rings. The summed E-state index contributed by atoms with van der Waals surface area (Å²) in [7, 11) is 0. The molecule has 0 spiro atoms. The first-order valence-corrected chi connectivity index (χ1v) is 10.5. The molecule has 5 rings (SSSR count). The number of amides is 2. The zero-order valence-corrected chi connectivity index (χ0v) is 17.0. The van der Waals surface area contributed by atoms with Gasteiger partial charge in [0.05, 0.1) is 23.0 Å². The summed E-state index contributed by atoms with van der Waals surface area (Å²) in [4.78, 5) is 16.2. The van der Waals surface area contributed by atoms with Crippen LogP contribution in [0.25, 0.3) is 0 Å². The first kappa shape index (κ1) is 18.6. The number of carbonyl (C=O) groups is 1. The Morgan fingerprint density at radius 3 is 2.80 bits per heavy atom. The summed E-state index contributed by atoms with van der Waals surface area (Å²) in [5, 5.41) is 22.0. The Kier molecular flexibility index (Phi) is 4.62. The first-order chi connectivity index (χ1) is 14.6. The third-order valence-electron chi connectivity index (χ3n) is 6.44. The Labute approximate surface area is 175 Å². The molecule has 0 saturated heterocycles. The minimum atomic E-state index is -0.164. The predicted molar refractivity (Wildman–Crippen MR) is 115 cm³/mol. The molecule has 2 N–H and O–H groups in total. The van der Waals surface area contributed by atoms with Gasteiger partial charge in [-0.1, -0.05) is 18.9 Å². The fourth-order valence-electron chi connectivity index (χ4n) is 4.81. The number of nitriles is 1. The maximum Gasteiger partial charge on any atom is 0.319 e. The van der Waals surface area contributed by atoms with Crippen LogP contribution in [0.2, 0.25) is 0 Å². The number of rotatable bonds is 3. The molecule has 2 aromatic rings. The van der Waals surface area contributed by atoms with Crippen LogP contribution in [0.15, 0.2) is 35.4 Å². The van der Waals surface area contributed by atoms with E-state index in [0.29, 0.717) is 18.0 Å². The Hall–Kier alpha value is -3.40. The molecule has 1 aliphatic carbocycles. The molecule has 1 aromatic heterocycles. The zero-order chi connectivity index (χ0) is 20.7. The third-order valence-corrected chi connectivity index (χ3v) is 6.44. The summed E-state index contributed by atoms with van der Waals surface area (Å²) in [6.07, 6.45) is 5.87. The molecule has 1 saturated carbocycles. The summed E-state index contributed by atoms with van der Waals surface area (Å²) < 4.78 is 0. The van der Waals surface area contributed by atoms with Gasteiger partial charge in [0.25, 0.3) is 0 Å². The van der Waals surface area contributed by atoms with E-state index in [2.05, 4.69) is 27.8 Å². The number of nitrogens with zero attached hydrogens (tertiary/aromatic N) is 4. The van der Waals surface area contributed by atoms with Gasteiger partial charge in [-0.05, 0) is 61.1 Å². The molecule has 1 aromatic carbocycles. The monoisotopic (exact) mass is 400 g/mol. The Morgan fingerprint density at radius 2 is 2.03 bits per heavy atom. The molecule has 0 radical (unpaired) electrons. The van der Waals surface area contributed by atoms with Crippen molar-refractivity contribution < 1.29 is 4.79 Å². The molecule has 7 nitrogen and oxygen atoms in total. The fraction of sp³-hybridized carbons (Fsp3) is 0.391. The van der Waals surface area contributed by atoms with Crippen LogP contribution in [-0.4, -0.2) is 22.8 Å². The number of hydrogen-bond acceptors (Lipinski definition) is 5. The van der Waals surface area contributed by atoms with Crippen LogP contribution in [0.3, 0.4) is 0 Å². The van der Waals surface area contributed by atoms with E-state index in [1.165, 1.54) is 25.7 Å². The number of hydrazone groups is 1. The topological polar surface area (TPSA) is 93.4 Å². The number of nitrogens with one attached hydrogen (secondary N) is 2. The number of hydrogen-bond donors (Lipinski definition) is 2. The van der Waals surface area contributed by atoms with E-state index in [-0.39, 0.29) is 12.1 Å². The molecule has 152 valence electrons. The van der Waals surface area contributed by atoms with Crippen LogP contribution in [0.1, 0.15) is 54.5 Å². The van der Waals surface area contributed by atoms with Gasteiger partial charge >= 0.3 is 6.03 Å². The van der Waals surface area contributed by atoms with Crippen molar-refractivity contribution in [3.05, 3.63) is 52.7 Å². The van der Waals surface area contributed by atoms with Crippen LogP contribution >= 0.6 is 0 Å². The standard InChI is InChI=1S/C23H24N6O/c1-14-17(12-24)7-9-22(26-14)29-21(15-4-2-3-5-15)11-20(28-29)16-6-8-19-18(10-16)13-25-23(30)27-19/h6-10,15,21H,2-5,11,13H2,1H3,(H2,25,27,30). The molecular formula is C23H24N6O. The van der Waals surface area contributed by atoms with Crippen LogP contribution in [-0.2, 0) is 6.54 Å². The SMILES string of the molecule is Cc1nc(N2N=C(c3ccc4c(c3)CNC(=O)N4)CC2C2CCCC2)ccc1C#N. The first-order valence-electron chi connectivity index (χ1n) is 10.5. The molecular weight excluding hydrogens is 376 g/mol. The van der Waals surface area contributed by atoms with Crippen molar-refractivity contribution in [2.75, 3.05) is 10.3 Å². The van der Waals surface area contributed by atoms with Crippen molar-refractivity contribution in [1.82, 2.24) is 10.3 Å². The van der Waals surface area contributed by atoms with Crippen molar-refractivity contribution in [2.24, 2.45) is 11.0 Å². The van der Waals surface area contributed by atoms with Crippen molar-refractivity contribution in [3.8, 4) is 6.07 Å². The van der Waals surface area contributed by atoms with Crippen LogP contribution < -0.4 is 15.6 Å². The summed E-state index contributed by atoms with van der Waals surface area (Å²) in [5.41, 5.74) is 5.40. The molecule has 7 heteroatoms. The summed E-state index contributed by atoms with van der Waals surface area (Å²) in [6.45, 7) is 2.40. The van der Waals surface area contributed by atoms with Gasteiger partial charge in [0.15, 0.2) is 0 Å². The van der Waals surface area contributed by atoms with Gasteiger partial charge < -0.3 is 10.6 Å². The minimum absolute atomic E-state index is 0.164. The molecule has 30 heavy (non-hydrogen) atoms. The number of urea groups is 1. The average molecular weight is 400 g/mol. The lowest BCUT2D eigenvalue weighted by molar-refractivity contribution is 0.251. The third kappa shape index (κ3) is 3.28. The highest BCUT2D eigenvalue weighted by Gasteiger charge is 2.37. The lowest BCUT2D eigenvalue weighted by atomic mass is 9.91. The fourth-order valence-corrected chi connectivity index (χ4v) is 4.81. The Morgan fingerprint density at radius 1 is 1.20 bits per heavy atom. The van der Waals surface area contributed by atoms with E-state index in [9.17, 15) is 10.1 Å². The van der Waals surface area contributed by atoms with E-state index in [4.69, 9.17) is 10.1 Å². The highest BCUT2D eigenvalue weighted by Crippen LogP contribution is 2.38. The van der Waals surface area contributed by atoms with E-state index in [1.54, 1.807) is 0 Å². The van der Waals surface area contributed by atoms with Gasteiger partial charge in [-0.2, -0.15) is 10.4 Å². The quantitative estimate of drug-likeness (QED) is 0.812. The van der Waals surface area contributed by atoms with Gasteiger partial charge in [-0.25, -0.2) is 14.8 Å². The number of carbonyl (C=O) groups excluding carboxylic acids is 1. The second kappa shape index (κ2) is 7.45. The number of anilines is 2. The van der Waals surface area contributed by atoms with Crippen LogP contribution in [0.5, 0.6) is 0 Å². The van der Waals surface area contributed by atoms with Crippen LogP contribution in [0, 0.1) is 24.2 Å². The molecule has 1 unspecified atom stereocenters. The Balaban J connectivity index is 1.50. The van der Waals surface area contributed by atoms with Gasteiger partial charge in [0.1, 0.15) is 11.9 Å². The van der Waals surface area contributed by atoms with E-state index >= 15 is 0 Å². The molecule has 1 fully saturated rings. The van der Waals surface area contributed by atoms with Gasteiger partial charge in [0.2, 0.25) is 0 Å². The summed E-state index contributed by atoms with van der Waals surface area (Å²) in [5.74, 6) is 1.41. The average Bonchev–Trinajstić information content (AvgIpc) is 3.43. The summed E-state index contributed by atoms with van der Waals surface area (Å²) >= 11 is 0. The van der Waals surface area contributed by atoms with Crippen molar-refractivity contribution in [1.29, 1.82) is 5.26 Å². The summed E-state index contributed by atoms with van der Waals surface area (Å²) in [6, 6.07) is 12.2. The second-order valence-electron chi connectivity index (χ2n) is 8.30. The van der Waals surface area contributed by atoms with E-state index < -0.39 is 0 Å². The zero-order valence-electron chi connectivity index (χ0n) is 17.0. The second-order valence-corrected chi connectivity index (χ2v) is 8.30. The number of aryl methyl sites for hydroxylation is 1. The number of aromatic nitrogens is 1. The largest absolute Gasteiger partial charge is 0.334 e. The number of pyridine rings is 1. The number of benzene rings is 1.